The predicted molar refractivity (Wildman–Crippen MR) is 77.5 cm³/mol. The fourth-order valence-corrected chi connectivity index (χ4v) is 2.34. The number of aliphatic hydroxyl groups is 1. The summed E-state index contributed by atoms with van der Waals surface area (Å²) in [5.74, 6) is -0.274. The van der Waals surface area contributed by atoms with Gasteiger partial charge in [-0.1, -0.05) is 12.1 Å². The van der Waals surface area contributed by atoms with Crippen LogP contribution in [0.3, 0.4) is 0 Å². The van der Waals surface area contributed by atoms with Crippen LogP contribution in [-0.2, 0) is 13.2 Å². The minimum absolute atomic E-state index is 0.0474. The number of nitro groups is 1. The Morgan fingerprint density at radius 3 is 2.76 bits per heavy atom. The van der Waals surface area contributed by atoms with Gasteiger partial charge in [-0.3, -0.25) is 10.1 Å². The van der Waals surface area contributed by atoms with Crippen LogP contribution in [-0.4, -0.2) is 10.0 Å². The molecule has 0 aliphatic carbocycles. The van der Waals surface area contributed by atoms with Crippen molar-refractivity contribution in [2.75, 3.05) is 0 Å². The van der Waals surface area contributed by atoms with Gasteiger partial charge in [0.05, 0.1) is 22.1 Å². The lowest BCUT2D eigenvalue weighted by molar-refractivity contribution is -0.385. The molecule has 2 aromatic carbocycles. The molecule has 0 unspecified atom stereocenters. The second kappa shape index (κ2) is 6.64. The van der Waals surface area contributed by atoms with Gasteiger partial charge in [-0.05, 0) is 33.6 Å². The number of hydrogen-bond acceptors (Lipinski definition) is 4. The number of benzene rings is 2. The van der Waals surface area contributed by atoms with Crippen molar-refractivity contribution in [2.45, 2.75) is 13.2 Å². The lowest BCUT2D eigenvalue weighted by Gasteiger charge is -2.12. The zero-order valence-electron chi connectivity index (χ0n) is 10.8. The minimum Gasteiger partial charge on any atom is -0.487 e. The Morgan fingerprint density at radius 2 is 2.10 bits per heavy atom. The summed E-state index contributed by atoms with van der Waals surface area (Å²) in [6.07, 6.45) is 0. The van der Waals surface area contributed by atoms with E-state index in [-0.39, 0.29) is 18.9 Å². The largest absolute Gasteiger partial charge is 0.487 e. The highest BCUT2D eigenvalue weighted by Gasteiger charge is 2.12. The van der Waals surface area contributed by atoms with Crippen molar-refractivity contribution in [1.82, 2.24) is 0 Å². The summed E-state index contributed by atoms with van der Waals surface area (Å²) in [7, 11) is 0. The van der Waals surface area contributed by atoms with E-state index in [4.69, 9.17) is 4.74 Å². The number of rotatable bonds is 5. The van der Waals surface area contributed by atoms with Crippen LogP contribution >= 0.6 is 15.9 Å². The normalized spacial score (nSPS) is 10.4. The molecule has 0 spiro atoms. The van der Waals surface area contributed by atoms with Crippen molar-refractivity contribution < 1.29 is 19.2 Å². The van der Waals surface area contributed by atoms with Crippen LogP contribution in [0.2, 0.25) is 0 Å². The first-order chi connectivity index (χ1) is 10.0. The molecule has 0 fully saturated rings. The quantitative estimate of drug-likeness (QED) is 0.657. The molecule has 2 rings (SSSR count). The van der Waals surface area contributed by atoms with E-state index in [0.717, 1.165) is 6.07 Å². The van der Waals surface area contributed by atoms with E-state index in [9.17, 15) is 19.6 Å². The number of nitrogens with zero attached hydrogens (tertiary/aromatic N) is 1. The Bertz CT molecular complexity index is 678. The van der Waals surface area contributed by atoms with E-state index in [0.29, 0.717) is 21.3 Å². The van der Waals surface area contributed by atoms with E-state index in [1.54, 1.807) is 18.2 Å². The first kappa shape index (κ1) is 15.4. The molecule has 0 bridgehead atoms. The third-order valence-corrected chi connectivity index (χ3v) is 3.38. The fraction of sp³-hybridized carbons (Fsp3) is 0.143. The SMILES string of the molecule is O=[N+]([O-])c1cc(F)cc(COc2c(Br)cccc2CO)c1. The number of ether oxygens (including phenoxy) is 1. The molecule has 1 N–H and O–H groups in total. The van der Waals surface area contributed by atoms with Crippen LogP contribution in [0, 0.1) is 15.9 Å². The summed E-state index contributed by atoms with van der Waals surface area (Å²) >= 11 is 3.30. The average molecular weight is 356 g/mol. The van der Waals surface area contributed by atoms with Crippen LogP contribution in [0.4, 0.5) is 10.1 Å². The van der Waals surface area contributed by atoms with E-state index < -0.39 is 10.7 Å². The zero-order valence-corrected chi connectivity index (χ0v) is 12.3. The molecule has 7 heteroatoms. The van der Waals surface area contributed by atoms with Gasteiger partial charge >= 0.3 is 0 Å². The Labute approximate surface area is 128 Å². The molecule has 0 radical (unpaired) electrons. The Hall–Kier alpha value is -1.99. The first-order valence-corrected chi connectivity index (χ1v) is 6.75. The predicted octanol–water partition coefficient (Wildman–Crippen LogP) is 3.57. The van der Waals surface area contributed by atoms with Crippen LogP contribution < -0.4 is 4.74 Å². The molecule has 0 atom stereocenters. The van der Waals surface area contributed by atoms with E-state index in [1.807, 2.05) is 0 Å². The number of aliphatic hydroxyl groups excluding tert-OH is 1. The molecule has 0 aliphatic heterocycles. The summed E-state index contributed by atoms with van der Waals surface area (Å²) < 4.78 is 19.5. The molecule has 0 aliphatic rings. The number of halogens is 2. The lowest BCUT2D eigenvalue weighted by atomic mass is 10.2. The Balaban J connectivity index is 2.23. The molecule has 2 aromatic rings. The highest BCUT2D eigenvalue weighted by atomic mass is 79.9. The van der Waals surface area contributed by atoms with Gasteiger partial charge < -0.3 is 9.84 Å². The first-order valence-electron chi connectivity index (χ1n) is 5.96. The van der Waals surface area contributed by atoms with Gasteiger partial charge in [0.25, 0.3) is 5.69 Å². The third kappa shape index (κ3) is 3.77. The van der Waals surface area contributed by atoms with Gasteiger partial charge in [-0.2, -0.15) is 0 Å². The maximum atomic E-state index is 13.3. The molecule has 110 valence electrons. The molecule has 5 nitrogen and oxygen atoms in total. The van der Waals surface area contributed by atoms with Gasteiger partial charge in [-0.25, -0.2) is 4.39 Å². The van der Waals surface area contributed by atoms with E-state index in [2.05, 4.69) is 15.9 Å². The maximum Gasteiger partial charge on any atom is 0.272 e. The second-order valence-corrected chi connectivity index (χ2v) is 5.10. The van der Waals surface area contributed by atoms with Gasteiger partial charge in [0, 0.05) is 11.6 Å². The number of nitro benzene ring substituents is 1. The molecule has 0 aromatic heterocycles. The smallest absolute Gasteiger partial charge is 0.272 e. The van der Waals surface area contributed by atoms with Crippen molar-refractivity contribution in [3.8, 4) is 5.75 Å². The second-order valence-electron chi connectivity index (χ2n) is 4.25. The molecular formula is C14H11BrFNO4. The van der Waals surface area contributed by atoms with Crippen LogP contribution in [0.5, 0.6) is 5.75 Å². The number of hydrogen-bond donors (Lipinski definition) is 1. The molecule has 21 heavy (non-hydrogen) atoms. The molecule has 0 amide bonds. The van der Waals surface area contributed by atoms with Gasteiger partial charge in [0.15, 0.2) is 0 Å². The molecule has 0 saturated heterocycles. The number of non-ortho nitro benzene ring substituents is 1. The summed E-state index contributed by atoms with van der Waals surface area (Å²) in [6.45, 7) is -0.258. The van der Waals surface area contributed by atoms with Crippen molar-refractivity contribution >= 4 is 21.6 Å². The monoisotopic (exact) mass is 355 g/mol. The third-order valence-electron chi connectivity index (χ3n) is 2.76. The summed E-state index contributed by atoms with van der Waals surface area (Å²) in [6, 6.07) is 8.44. The van der Waals surface area contributed by atoms with Gasteiger partial charge in [0.1, 0.15) is 18.2 Å². The Kier molecular flexibility index (Phi) is 4.87. The highest BCUT2D eigenvalue weighted by molar-refractivity contribution is 9.10. The molecule has 0 saturated carbocycles. The Morgan fingerprint density at radius 1 is 1.33 bits per heavy atom. The van der Waals surface area contributed by atoms with Crippen molar-refractivity contribution in [3.63, 3.8) is 0 Å². The minimum atomic E-state index is -0.697. The topological polar surface area (TPSA) is 72.6 Å². The standard InChI is InChI=1S/C14H11BrFNO4/c15-13-3-1-2-10(7-18)14(13)21-8-9-4-11(16)6-12(5-9)17(19)20/h1-6,18H,7-8H2. The summed E-state index contributed by atoms with van der Waals surface area (Å²) in [5, 5.41) is 19.9. The maximum absolute atomic E-state index is 13.3. The fourth-order valence-electron chi connectivity index (χ4n) is 1.82. The van der Waals surface area contributed by atoms with Crippen molar-refractivity contribution in [2.24, 2.45) is 0 Å². The number of para-hydroxylation sites is 1. The van der Waals surface area contributed by atoms with Crippen molar-refractivity contribution in [1.29, 1.82) is 0 Å². The summed E-state index contributed by atoms with van der Waals surface area (Å²) in [5.41, 5.74) is 0.569. The van der Waals surface area contributed by atoms with Crippen LogP contribution in [0.15, 0.2) is 40.9 Å². The van der Waals surface area contributed by atoms with Crippen molar-refractivity contribution in [3.05, 3.63) is 67.9 Å². The zero-order chi connectivity index (χ0) is 15.4. The van der Waals surface area contributed by atoms with E-state index >= 15 is 0 Å². The van der Waals surface area contributed by atoms with Crippen LogP contribution in [0.1, 0.15) is 11.1 Å². The van der Waals surface area contributed by atoms with Crippen LogP contribution in [0.25, 0.3) is 0 Å². The molecular weight excluding hydrogens is 345 g/mol. The highest BCUT2D eigenvalue weighted by Crippen LogP contribution is 2.30. The average Bonchev–Trinajstić information content (AvgIpc) is 2.45. The molecule has 0 heterocycles. The van der Waals surface area contributed by atoms with E-state index in [1.165, 1.54) is 12.1 Å². The van der Waals surface area contributed by atoms with Gasteiger partial charge in [-0.15, -0.1) is 0 Å². The summed E-state index contributed by atoms with van der Waals surface area (Å²) in [4.78, 5) is 10.0. The lowest BCUT2D eigenvalue weighted by Crippen LogP contribution is -2.01. The van der Waals surface area contributed by atoms with Gasteiger partial charge in [0.2, 0.25) is 0 Å².